The maximum Gasteiger partial charge on any atom is 0.123 e. The van der Waals surface area contributed by atoms with Crippen molar-refractivity contribution < 1.29 is 4.74 Å². The summed E-state index contributed by atoms with van der Waals surface area (Å²) in [7, 11) is 1.73. The molecule has 0 aliphatic carbocycles. The summed E-state index contributed by atoms with van der Waals surface area (Å²) in [4.78, 5) is 7.39. The minimum absolute atomic E-state index is 0.324. The highest BCUT2D eigenvalue weighted by molar-refractivity contribution is 4.95. The smallest absolute Gasteiger partial charge is 0.123 e. The lowest BCUT2D eigenvalue weighted by atomic mass is 10.1. The Bertz CT molecular complexity index is 223. The van der Waals surface area contributed by atoms with Crippen molar-refractivity contribution >= 4 is 0 Å². The van der Waals surface area contributed by atoms with Crippen LogP contribution in [0.15, 0.2) is 12.4 Å². The number of aromatic amines is 1. The Balaban J connectivity index is 2.39. The quantitative estimate of drug-likeness (QED) is 0.651. The SMILES string of the molecule is CCNC(CCCOC)c1ncc[nH]1. The van der Waals surface area contributed by atoms with Crippen LogP contribution in [0.25, 0.3) is 0 Å². The molecule has 0 saturated carbocycles. The number of methoxy groups -OCH3 is 1. The molecule has 4 nitrogen and oxygen atoms in total. The molecule has 1 atom stereocenters. The van der Waals surface area contributed by atoms with Gasteiger partial charge in [0.2, 0.25) is 0 Å². The molecule has 80 valence electrons. The molecule has 2 N–H and O–H groups in total. The Hall–Kier alpha value is -0.870. The van der Waals surface area contributed by atoms with Gasteiger partial charge in [-0.3, -0.25) is 0 Å². The van der Waals surface area contributed by atoms with E-state index in [4.69, 9.17) is 4.74 Å². The van der Waals surface area contributed by atoms with Gasteiger partial charge in [-0.2, -0.15) is 0 Å². The molecule has 1 rings (SSSR count). The molecule has 0 spiro atoms. The van der Waals surface area contributed by atoms with E-state index in [0.717, 1.165) is 31.8 Å². The fraction of sp³-hybridized carbons (Fsp3) is 0.700. The highest BCUT2D eigenvalue weighted by atomic mass is 16.5. The maximum absolute atomic E-state index is 5.03. The van der Waals surface area contributed by atoms with Gasteiger partial charge < -0.3 is 15.0 Å². The van der Waals surface area contributed by atoms with E-state index in [1.807, 2.05) is 6.20 Å². The van der Waals surface area contributed by atoms with Crippen molar-refractivity contribution in [2.45, 2.75) is 25.8 Å². The molecule has 0 aromatic carbocycles. The monoisotopic (exact) mass is 197 g/mol. The van der Waals surface area contributed by atoms with Crippen LogP contribution in [0.2, 0.25) is 0 Å². The summed E-state index contributed by atoms with van der Waals surface area (Å²) in [5.74, 6) is 1.02. The van der Waals surface area contributed by atoms with Crippen molar-refractivity contribution in [1.82, 2.24) is 15.3 Å². The number of aromatic nitrogens is 2. The lowest BCUT2D eigenvalue weighted by Crippen LogP contribution is -2.22. The van der Waals surface area contributed by atoms with Gasteiger partial charge in [0, 0.05) is 26.1 Å². The number of imidazole rings is 1. The van der Waals surface area contributed by atoms with Gasteiger partial charge in [-0.05, 0) is 19.4 Å². The zero-order chi connectivity index (χ0) is 10.2. The normalized spacial score (nSPS) is 13.0. The lowest BCUT2D eigenvalue weighted by molar-refractivity contribution is 0.188. The van der Waals surface area contributed by atoms with E-state index in [0.29, 0.717) is 6.04 Å². The summed E-state index contributed by atoms with van der Waals surface area (Å²) in [6.07, 6.45) is 5.75. The highest BCUT2D eigenvalue weighted by Gasteiger charge is 2.11. The van der Waals surface area contributed by atoms with Gasteiger partial charge in [-0.1, -0.05) is 6.92 Å². The number of hydrogen-bond acceptors (Lipinski definition) is 3. The number of H-pyrrole nitrogens is 1. The Morgan fingerprint density at radius 3 is 3.07 bits per heavy atom. The number of hydrogen-bond donors (Lipinski definition) is 2. The Labute approximate surface area is 85.1 Å². The molecule has 14 heavy (non-hydrogen) atoms. The van der Waals surface area contributed by atoms with Crippen LogP contribution in [0, 0.1) is 0 Å². The molecule has 0 saturated heterocycles. The van der Waals surface area contributed by atoms with E-state index in [9.17, 15) is 0 Å². The molecule has 0 radical (unpaired) electrons. The highest BCUT2D eigenvalue weighted by Crippen LogP contribution is 2.13. The molecule has 0 aliphatic rings. The Morgan fingerprint density at radius 1 is 1.64 bits per heavy atom. The van der Waals surface area contributed by atoms with Crippen LogP contribution < -0.4 is 5.32 Å². The summed E-state index contributed by atoms with van der Waals surface area (Å²) in [6.45, 7) is 3.87. The minimum atomic E-state index is 0.324. The van der Waals surface area contributed by atoms with E-state index < -0.39 is 0 Å². The summed E-state index contributed by atoms with van der Waals surface area (Å²) >= 11 is 0. The first-order valence-electron chi connectivity index (χ1n) is 5.10. The zero-order valence-corrected chi connectivity index (χ0v) is 8.92. The van der Waals surface area contributed by atoms with E-state index in [2.05, 4.69) is 22.2 Å². The van der Waals surface area contributed by atoms with Crippen LogP contribution in [0.1, 0.15) is 31.6 Å². The van der Waals surface area contributed by atoms with Gasteiger partial charge in [0.25, 0.3) is 0 Å². The molecule has 1 unspecified atom stereocenters. The third-order valence-electron chi connectivity index (χ3n) is 2.14. The second-order valence-electron chi connectivity index (χ2n) is 3.22. The van der Waals surface area contributed by atoms with Crippen LogP contribution in [0.4, 0.5) is 0 Å². The first kappa shape index (κ1) is 11.2. The van der Waals surface area contributed by atoms with Gasteiger partial charge in [-0.25, -0.2) is 4.98 Å². The minimum Gasteiger partial charge on any atom is -0.385 e. The first-order chi connectivity index (χ1) is 6.88. The molecular weight excluding hydrogens is 178 g/mol. The molecule has 0 bridgehead atoms. The third-order valence-corrected chi connectivity index (χ3v) is 2.14. The first-order valence-corrected chi connectivity index (χ1v) is 5.10. The van der Waals surface area contributed by atoms with Crippen molar-refractivity contribution in [1.29, 1.82) is 0 Å². The molecule has 0 fully saturated rings. The van der Waals surface area contributed by atoms with E-state index in [1.165, 1.54) is 0 Å². The van der Waals surface area contributed by atoms with Gasteiger partial charge in [0.15, 0.2) is 0 Å². The molecule has 1 aromatic rings. The van der Waals surface area contributed by atoms with Crippen molar-refractivity contribution in [2.24, 2.45) is 0 Å². The molecular formula is C10H19N3O. The molecule has 1 heterocycles. The predicted molar refractivity (Wildman–Crippen MR) is 56.1 cm³/mol. The van der Waals surface area contributed by atoms with Crippen LogP contribution in [-0.2, 0) is 4.74 Å². The van der Waals surface area contributed by atoms with Crippen LogP contribution in [0.3, 0.4) is 0 Å². The molecule has 1 aromatic heterocycles. The van der Waals surface area contributed by atoms with E-state index in [1.54, 1.807) is 13.3 Å². The average Bonchev–Trinajstić information content (AvgIpc) is 2.70. The average molecular weight is 197 g/mol. The van der Waals surface area contributed by atoms with Crippen LogP contribution in [-0.4, -0.2) is 30.2 Å². The van der Waals surface area contributed by atoms with Gasteiger partial charge >= 0.3 is 0 Å². The zero-order valence-electron chi connectivity index (χ0n) is 8.92. The van der Waals surface area contributed by atoms with E-state index >= 15 is 0 Å². The number of nitrogens with zero attached hydrogens (tertiary/aromatic N) is 1. The van der Waals surface area contributed by atoms with Crippen LogP contribution >= 0.6 is 0 Å². The standard InChI is InChI=1S/C10H19N3O/c1-3-11-9(5-4-8-14-2)10-12-6-7-13-10/h6-7,9,11H,3-5,8H2,1-2H3,(H,12,13). The fourth-order valence-electron chi connectivity index (χ4n) is 1.48. The van der Waals surface area contributed by atoms with E-state index in [-0.39, 0.29) is 0 Å². The maximum atomic E-state index is 5.03. The summed E-state index contributed by atoms with van der Waals surface area (Å²) in [6, 6.07) is 0.324. The Morgan fingerprint density at radius 2 is 2.50 bits per heavy atom. The van der Waals surface area contributed by atoms with Crippen molar-refractivity contribution in [3.05, 3.63) is 18.2 Å². The second kappa shape index (κ2) is 6.56. The van der Waals surface area contributed by atoms with Crippen molar-refractivity contribution in [3.63, 3.8) is 0 Å². The summed E-state index contributed by atoms with van der Waals surface area (Å²) in [5.41, 5.74) is 0. The van der Waals surface area contributed by atoms with Crippen molar-refractivity contribution in [3.8, 4) is 0 Å². The fourth-order valence-corrected chi connectivity index (χ4v) is 1.48. The topological polar surface area (TPSA) is 49.9 Å². The summed E-state index contributed by atoms with van der Waals surface area (Å²) < 4.78 is 5.03. The summed E-state index contributed by atoms with van der Waals surface area (Å²) in [5, 5.41) is 3.39. The van der Waals surface area contributed by atoms with Gasteiger partial charge in [0.05, 0.1) is 6.04 Å². The Kier molecular flexibility index (Phi) is 5.25. The molecule has 0 aliphatic heterocycles. The predicted octanol–water partition coefficient (Wildman–Crippen LogP) is 1.49. The van der Waals surface area contributed by atoms with Crippen molar-refractivity contribution in [2.75, 3.05) is 20.3 Å². The number of rotatable bonds is 7. The van der Waals surface area contributed by atoms with Gasteiger partial charge in [0.1, 0.15) is 5.82 Å². The molecule has 4 heteroatoms. The third kappa shape index (κ3) is 3.47. The largest absolute Gasteiger partial charge is 0.385 e. The molecule has 0 amide bonds. The number of ether oxygens (including phenoxy) is 1. The second-order valence-corrected chi connectivity index (χ2v) is 3.22. The van der Waals surface area contributed by atoms with Crippen LogP contribution in [0.5, 0.6) is 0 Å². The lowest BCUT2D eigenvalue weighted by Gasteiger charge is -2.14. The van der Waals surface area contributed by atoms with Gasteiger partial charge in [-0.15, -0.1) is 0 Å². The number of nitrogens with one attached hydrogen (secondary N) is 2.